The van der Waals surface area contributed by atoms with Crippen molar-refractivity contribution in [3.05, 3.63) is 58.1 Å². The number of amides is 1. The van der Waals surface area contributed by atoms with Crippen LogP contribution in [0.4, 0.5) is 5.69 Å². The number of hydrogen-bond donors (Lipinski definition) is 0. The molecule has 3 nitrogen and oxygen atoms in total. The fraction of sp³-hybridized carbons (Fsp3) is 0.235. The Hall–Kier alpha value is -1.81. The van der Waals surface area contributed by atoms with Crippen LogP contribution in [-0.4, -0.2) is 12.0 Å². The molecule has 0 saturated carbocycles. The number of hydrogen-bond acceptors (Lipinski definition) is 2. The molecule has 1 amide bonds. The van der Waals surface area contributed by atoms with E-state index in [0.29, 0.717) is 6.54 Å². The molecule has 1 aliphatic heterocycles. The number of anilines is 1. The van der Waals surface area contributed by atoms with Gasteiger partial charge in [-0.1, -0.05) is 33.6 Å². The highest BCUT2D eigenvalue weighted by Crippen LogP contribution is 2.31. The molecule has 4 heteroatoms. The Morgan fingerprint density at radius 3 is 2.62 bits per heavy atom. The van der Waals surface area contributed by atoms with Crippen molar-refractivity contribution in [2.75, 3.05) is 4.90 Å². The summed E-state index contributed by atoms with van der Waals surface area (Å²) in [7, 11) is 0. The summed E-state index contributed by atoms with van der Waals surface area (Å²) in [4.78, 5) is 14.4. The van der Waals surface area contributed by atoms with Crippen LogP contribution in [0.3, 0.4) is 0 Å². The van der Waals surface area contributed by atoms with Crippen LogP contribution in [0.1, 0.15) is 18.1 Å². The predicted molar refractivity (Wildman–Crippen MR) is 86.6 cm³/mol. The van der Waals surface area contributed by atoms with E-state index in [1.54, 1.807) is 11.8 Å². The zero-order valence-corrected chi connectivity index (χ0v) is 13.6. The molecular formula is C17H16BrNO2. The number of halogens is 1. The van der Waals surface area contributed by atoms with E-state index in [1.807, 2.05) is 49.4 Å². The van der Waals surface area contributed by atoms with E-state index in [9.17, 15) is 4.79 Å². The highest BCUT2D eigenvalue weighted by atomic mass is 79.9. The largest absolute Gasteiger partial charge is 0.481 e. The third-order valence-electron chi connectivity index (χ3n) is 3.61. The summed E-state index contributed by atoms with van der Waals surface area (Å²) in [5, 5.41) is 0. The van der Waals surface area contributed by atoms with Gasteiger partial charge in [0.15, 0.2) is 6.10 Å². The number of ether oxygens (including phenoxy) is 1. The maximum Gasteiger partial charge on any atom is 0.268 e. The maximum atomic E-state index is 12.6. The normalized spacial score (nSPS) is 18.0. The van der Waals surface area contributed by atoms with Gasteiger partial charge in [0.1, 0.15) is 5.75 Å². The van der Waals surface area contributed by atoms with Crippen molar-refractivity contribution in [2.24, 2.45) is 0 Å². The Morgan fingerprint density at radius 2 is 1.90 bits per heavy atom. The topological polar surface area (TPSA) is 29.5 Å². The van der Waals surface area contributed by atoms with Crippen molar-refractivity contribution in [3.63, 3.8) is 0 Å². The van der Waals surface area contributed by atoms with E-state index in [0.717, 1.165) is 21.5 Å². The summed E-state index contributed by atoms with van der Waals surface area (Å²) < 4.78 is 6.77. The number of fused-ring (bicyclic) bond motifs is 1. The lowest BCUT2D eigenvalue weighted by Crippen LogP contribution is -2.37. The molecule has 1 atom stereocenters. The Labute approximate surface area is 132 Å². The van der Waals surface area contributed by atoms with Gasteiger partial charge >= 0.3 is 0 Å². The van der Waals surface area contributed by atoms with Crippen LogP contribution in [0.2, 0.25) is 0 Å². The lowest BCUT2D eigenvalue weighted by Gasteiger charge is -2.22. The quantitative estimate of drug-likeness (QED) is 0.779. The van der Waals surface area contributed by atoms with Crippen LogP contribution < -0.4 is 9.64 Å². The molecule has 0 fully saturated rings. The van der Waals surface area contributed by atoms with E-state index >= 15 is 0 Å². The van der Waals surface area contributed by atoms with E-state index in [1.165, 1.54) is 5.56 Å². The molecule has 1 aliphatic rings. The maximum absolute atomic E-state index is 12.6. The zero-order valence-electron chi connectivity index (χ0n) is 12.0. The Kier molecular flexibility index (Phi) is 3.72. The van der Waals surface area contributed by atoms with Gasteiger partial charge in [0.25, 0.3) is 5.91 Å². The van der Waals surface area contributed by atoms with Gasteiger partial charge < -0.3 is 9.64 Å². The first kappa shape index (κ1) is 14.1. The molecule has 0 N–H and O–H groups in total. The second kappa shape index (κ2) is 5.53. The molecule has 3 rings (SSSR count). The molecule has 2 aromatic rings. The molecule has 0 aliphatic carbocycles. The highest BCUT2D eigenvalue weighted by Gasteiger charge is 2.28. The van der Waals surface area contributed by atoms with E-state index in [2.05, 4.69) is 15.9 Å². The molecule has 21 heavy (non-hydrogen) atoms. The molecular weight excluding hydrogens is 330 g/mol. The lowest BCUT2D eigenvalue weighted by atomic mass is 10.1. The first-order valence-corrected chi connectivity index (χ1v) is 7.67. The van der Waals surface area contributed by atoms with Crippen molar-refractivity contribution in [2.45, 2.75) is 26.5 Å². The van der Waals surface area contributed by atoms with Gasteiger partial charge in [0.05, 0.1) is 6.54 Å². The summed E-state index contributed by atoms with van der Waals surface area (Å²) in [6.45, 7) is 4.34. The number of benzene rings is 2. The van der Waals surface area contributed by atoms with Gasteiger partial charge in [-0.2, -0.15) is 0 Å². The number of rotatable bonds is 1. The first-order chi connectivity index (χ1) is 10.0. The van der Waals surface area contributed by atoms with Crippen LogP contribution >= 0.6 is 15.9 Å². The molecule has 1 unspecified atom stereocenters. The standard InChI is InChI=1S/C17H16BrNO2/c1-11-3-6-15(7-4-11)19-10-13-9-14(18)5-8-16(13)21-12(2)17(19)20/h3-9,12H,10H2,1-2H3. The summed E-state index contributed by atoms with van der Waals surface area (Å²) >= 11 is 3.47. The van der Waals surface area contributed by atoms with Gasteiger partial charge in [-0.25, -0.2) is 0 Å². The molecule has 0 spiro atoms. The van der Waals surface area contributed by atoms with Crippen molar-refractivity contribution < 1.29 is 9.53 Å². The zero-order chi connectivity index (χ0) is 15.0. The van der Waals surface area contributed by atoms with Crippen molar-refractivity contribution in [3.8, 4) is 5.75 Å². The van der Waals surface area contributed by atoms with Gasteiger partial charge in [-0.05, 0) is 44.2 Å². The number of carbonyl (C=O) groups is 1. The van der Waals surface area contributed by atoms with Gasteiger partial charge in [-0.3, -0.25) is 4.79 Å². The van der Waals surface area contributed by atoms with Gasteiger partial charge in [-0.15, -0.1) is 0 Å². The fourth-order valence-corrected chi connectivity index (χ4v) is 2.85. The summed E-state index contributed by atoms with van der Waals surface area (Å²) in [5.74, 6) is 0.750. The summed E-state index contributed by atoms with van der Waals surface area (Å²) in [5.41, 5.74) is 3.07. The number of nitrogens with zero attached hydrogens (tertiary/aromatic N) is 1. The summed E-state index contributed by atoms with van der Waals surface area (Å²) in [6.07, 6.45) is -0.492. The average molecular weight is 346 g/mol. The third kappa shape index (κ3) is 2.81. The lowest BCUT2D eigenvalue weighted by molar-refractivity contribution is -0.124. The van der Waals surface area contributed by atoms with Crippen LogP contribution in [0.15, 0.2) is 46.9 Å². The van der Waals surface area contributed by atoms with Crippen molar-refractivity contribution >= 4 is 27.5 Å². The second-order valence-corrected chi connectivity index (χ2v) is 6.19. The van der Waals surface area contributed by atoms with E-state index in [-0.39, 0.29) is 5.91 Å². The summed E-state index contributed by atoms with van der Waals surface area (Å²) in [6, 6.07) is 13.8. The number of aryl methyl sites for hydroxylation is 1. The van der Waals surface area contributed by atoms with Crippen LogP contribution in [0, 0.1) is 6.92 Å². The van der Waals surface area contributed by atoms with Crippen LogP contribution in [-0.2, 0) is 11.3 Å². The molecule has 108 valence electrons. The average Bonchev–Trinajstić information content (AvgIpc) is 2.58. The van der Waals surface area contributed by atoms with Gasteiger partial charge in [0, 0.05) is 15.7 Å². The predicted octanol–water partition coefficient (Wildman–Crippen LogP) is 4.07. The smallest absolute Gasteiger partial charge is 0.268 e. The Morgan fingerprint density at radius 1 is 1.19 bits per heavy atom. The SMILES string of the molecule is Cc1ccc(N2Cc3cc(Br)ccc3OC(C)C2=O)cc1. The molecule has 1 heterocycles. The van der Waals surface area contributed by atoms with Crippen molar-refractivity contribution in [1.29, 1.82) is 0 Å². The highest BCUT2D eigenvalue weighted by molar-refractivity contribution is 9.10. The van der Waals surface area contributed by atoms with Crippen LogP contribution in [0.5, 0.6) is 5.75 Å². The monoisotopic (exact) mass is 345 g/mol. The van der Waals surface area contributed by atoms with Gasteiger partial charge in [0.2, 0.25) is 0 Å². The molecule has 0 radical (unpaired) electrons. The van der Waals surface area contributed by atoms with Crippen molar-refractivity contribution in [1.82, 2.24) is 0 Å². The van der Waals surface area contributed by atoms with E-state index < -0.39 is 6.10 Å². The Bertz CT molecular complexity index is 682. The molecule has 0 saturated heterocycles. The minimum Gasteiger partial charge on any atom is -0.481 e. The third-order valence-corrected chi connectivity index (χ3v) is 4.11. The van der Waals surface area contributed by atoms with Crippen LogP contribution in [0.25, 0.3) is 0 Å². The minimum absolute atomic E-state index is 0.0221. The van der Waals surface area contributed by atoms with E-state index in [4.69, 9.17) is 4.74 Å². The minimum atomic E-state index is -0.492. The fourth-order valence-electron chi connectivity index (χ4n) is 2.44. The Balaban J connectivity index is 2.03. The molecule has 0 aromatic heterocycles. The first-order valence-electron chi connectivity index (χ1n) is 6.88. The molecule has 2 aromatic carbocycles. The second-order valence-electron chi connectivity index (χ2n) is 5.27. The number of carbonyl (C=O) groups excluding carboxylic acids is 1. The molecule has 0 bridgehead atoms.